The summed E-state index contributed by atoms with van der Waals surface area (Å²) in [6, 6.07) is -0.881. The zero-order valence-corrected chi connectivity index (χ0v) is 18.7. The first-order valence-corrected chi connectivity index (χ1v) is 9.79. The summed E-state index contributed by atoms with van der Waals surface area (Å²) >= 11 is 0. The number of alkyl halides is 3. The molecule has 10 nitrogen and oxygen atoms in total. The molecule has 0 aliphatic carbocycles. The summed E-state index contributed by atoms with van der Waals surface area (Å²) in [4.78, 5) is 25.2. The zero-order chi connectivity index (χ0) is 25.3. The van der Waals surface area contributed by atoms with Crippen molar-refractivity contribution in [2.45, 2.75) is 33.5 Å². The predicted octanol–water partition coefficient (Wildman–Crippen LogP) is 3.40. The Bertz CT molecular complexity index is 1080. The molecule has 5 N–H and O–H groups in total. The fourth-order valence-electron chi connectivity index (χ4n) is 2.69. The maximum absolute atomic E-state index is 12.9. The highest BCUT2D eigenvalue weighted by molar-refractivity contribution is 5.78. The van der Waals surface area contributed by atoms with Crippen LogP contribution in [0.15, 0.2) is 65.1 Å². The average Bonchev–Trinajstić information content (AvgIpc) is 3.13. The van der Waals surface area contributed by atoms with Gasteiger partial charge < -0.3 is 20.0 Å². The lowest BCUT2D eigenvalue weighted by molar-refractivity contribution is -0.0882. The van der Waals surface area contributed by atoms with E-state index in [1.54, 1.807) is 19.3 Å². The Kier molecular flexibility index (Phi) is 8.95. The van der Waals surface area contributed by atoms with Crippen molar-refractivity contribution in [3.8, 4) is 11.1 Å². The molecule has 0 saturated carbocycles. The van der Waals surface area contributed by atoms with Gasteiger partial charge in [-0.3, -0.25) is 5.32 Å². The minimum atomic E-state index is -4.61. The summed E-state index contributed by atoms with van der Waals surface area (Å²) in [5, 5.41) is 11.2. The van der Waals surface area contributed by atoms with Crippen molar-refractivity contribution in [1.82, 2.24) is 31.1 Å². The minimum absolute atomic E-state index is 0.110. The van der Waals surface area contributed by atoms with E-state index in [4.69, 9.17) is 10.4 Å². The fraction of sp³-hybridized carbons (Fsp3) is 0.238. The number of aryl methyl sites for hydroxylation is 2. The number of nitrogens with two attached hydrogens (primary N) is 1. The molecule has 0 aliphatic heterocycles. The number of urea groups is 1. The van der Waals surface area contributed by atoms with Crippen LogP contribution in [0.4, 0.5) is 18.0 Å². The highest BCUT2D eigenvalue weighted by Gasteiger charge is 2.31. The molecule has 0 aliphatic rings. The van der Waals surface area contributed by atoms with Gasteiger partial charge in [0.2, 0.25) is 5.88 Å². The molecule has 0 fully saturated rings. The molecular formula is C21H24F3N7O3. The van der Waals surface area contributed by atoms with Crippen LogP contribution in [0.5, 0.6) is 0 Å². The standard InChI is InChI=1S/C21H24F3N7O3/c1-5-15(21(22,23)24)7-16(6-2)29-20(32)30-18(33-25)11-26-10-17-27-8-14(9-28-17)19-12(3)31-34-13(19)4/h5-9,11,26H,1,10,25H2,2-4H3,(H2,29,30,32)/b15-7+,16-6+,18-11-. The smallest absolute Gasteiger partial charge is 0.391 e. The van der Waals surface area contributed by atoms with Crippen LogP contribution >= 0.6 is 0 Å². The monoisotopic (exact) mass is 479 g/mol. The molecule has 2 heterocycles. The summed E-state index contributed by atoms with van der Waals surface area (Å²) < 4.78 is 43.7. The average molecular weight is 479 g/mol. The van der Waals surface area contributed by atoms with E-state index >= 15 is 0 Å². The van der Waals surface area contributed by atoms with Crippen molar-refractivity contribution >= 4 is 6.03 Å². The van der Waals surface area contributed by atoms with E-state index < -0.39 is 17.8 Å². The van der Waals surface area contributed by atoms with Crippen LogP contribution in [0.3, 0.4) is 0 Å². The largest absolute Gasteiger partial charge is 0.416 e. The summed E-state index contributed by atoms with van der Waals surface area (Å²) in [7, 11) is 0. The molecule has 0 atom stereocenters. The van der Waals surface area contributed by atoms with Gasteiger partial charge in [0.15, 0.2) is 0 Å². The number of halogens is 3. The van der Waals surface area contributed by atoms with Gasteiger partial charge >= 0.3 is 12.2 Å². The number of hydrogen-bond donors (Lipinski definition) is 4. The van der Waals surface area contributed by atoms with Crippen molar-refractivity contribution in [3.05, 3.63) is 77.8 Å². The molecule has 2 amide bonds. The van der Waals surface area contributed by atoms with Crippen molar-refractivity contribution in [3.63, 3.8) is 0 Å². The first-order chi connectivity index (χ1) is 16.1. The number of amides is 2. The lowest BCUT2D eigenvalue weighted by Gasteiger charge is -2.12. The zero-order valence-electron chi connectivity index (χ0n) is 18.7. The van der Waals surface area contributed by atoms with E-state index in [1.165, 1.54) is 19.2 Å². The van der Waals surface area contributed by atoms with E-state index in [0.29, 0.717) is 17.7 Å². The number of aromatic nitrogens is 3. The van der Waals surface area contributed by atoms with E-state index in [-0.39, 0.29) is 18.1 Å². The molecule has 2 aromatic heterocycles. The topological polar surface area (TPSA) is 140 Å². The number of carbonyl (C=O) groups is 1. The molecular weight excluding hydrogens is 455 g/mol. The molecule has 0 bridgehead atoms. The first kappa shape index (κ1) is 26.1. The SMILES string of the molecule is C=C/C(=C\C(=C/C)NC(=O)N/C(=C/NCc1ncc(-c2c(C)noc2C)cn1)ON)C(F)(F)F. The van der Waals surface area contributed by atoms with Gasteiger partial charge in [-0.15, -0.1) is 0 Å². The summed E-state index contributed by atoms with van der Waals surface area (Å²) in [5.74, 6) is 6.02. The molecule has 0 saturated heterocycles. The van der Waals surface area contributed by atoms with Crippen LogP contribution in [0, 0.1) is 13.8 Å². The first-order valence-electron chi connectivity index (χ1n) is 9.79. The molecule has 34 heavy (non-hydrogen) atoms. The third kappa shape index (κ3) is 7.20. The molecule has 0 aromatic carbocycles. The van der Waals surface area contributed by atoms with Crippen LogP contribution in [0.2, 0.25) is 0 Å². The van der Waals surface area contributed by atoms with Crippen LogP contribution < -0.4 is 21.8 Å². The Hall–Kier alpha value is -4.13. The molecule has 2 aromatic rings. The number of allylic oxidation sites excluding steroid dienone is 4. The summed E-state index contributed by atoms with van der Waals surface area (Å²) in [6.07, 6.45) is 2.53. The molecule has 2 rings (SSSR count). The predicted molar refractivity (Wildman–Crippen MR) is 117 cm³/mol. The quantitative estimate of drug-likeness (QED) is 0.244. The number of carbonyl (C=O) groups excluding carboxylic acids is 1. The van der Waals surface area contributed by atoms with E-state index in [0.717, 1.165) is 22.9 Å². The number of nitrogens with zero attached hydrogens (tertiary/aromatic N) is 3. The Balaban J connectivity index is 1.96. The van der Waals surface area contributed by atoms with Crippen molar-refractivity contribution in [1.29, 1.82) is 0 Å². The van der Waals surface area contributed by atoms with Gasteiger partial charge in [0.05, 0.1) is 29.6 Å². The Labute approximate surface area is 193 Å². The third-order valence-electron chi connectivity index (χ3n) is 4.31. The third-order valence-corrected chi connectivity index (χ3v) is 4.31. The van der Waals surface area contributed by atoms with Crippen LogP contribution in [-0.2, 0) is 11.4 Å². The van der Waals surface area contributed by atoms with Gasteiger partial charge in [0.1, 0.15) is 11.6 Å². The maximum Gasteiger partial charge on any atom is 0.416 e. The van der Waals surface area contributed by atoms with Gasteiger partial charge in [-0.05, 0) is 26.8 Å². The lowest BCUT2D eigenvalue weighted by atomic mass is 10.1. The molecule has 0 spiro atoms. The summed E-state index contributed by atoms with van der Waals surface area (Å²) in [5.41, 5.74) is 1.16. The number of rotatable bonds is 9. The van der Waals surface area contributed by atoms with E-state index in [9.17, 15) is 18.0 Å². The lowest BCUT2D eigenvalue weighted by Crippen LogP contribution is -2.36. The van der Waals surface area contributed by atoms with Gasteiger partial charge in [-0.25, -0.2) is 14.8 Å². The Morgan fingerprint density at radius 1 is 1.26 bits per heavy atom. The van der Waals surface area contributed by atoms with Crippen molar-refractivity contribution < 1.29 is 27.3 Å². The highest BCUT2D eigenvalue weighted by atomic mass is 19.4. The van der Waals surface area contributed by atoms with Crippen LogP contribution in [0.25, 0.3) is 11.1 Å². The van der Waals surface area contributed by atoms with Crippen LogP contribution in [0.1, 0.15) is 24.2 Å². The van der Waals surface area contributed by atoms with Crippen LogP contribution in [-0.4, -0.2) is 27.3 Å². The second kappa shape index (κ2) is 11.7. The second-order valence-corrected chi connectivity index (χ2v) is 6.72. The van der Waals surface area contributed by atoms with Gasteiger partial charge in [-0.2, -0.15) is 19.1 Å². The summed E-state index contributed by atoms with van der Waals surface area (Å²) in [6.45, 7) is 8.35. The van der Waals surface area contributed by atoms with E-state index in [2.05, 4.69) is 42.5 Å². The maximum atomic E-state index is 12.9. The van der Waals surface area contributed by atoms with E-state index in [1.807, 2.05) is 6.92 Å². The molecule has 13 heteroatoms. The van der Waals surface area contributed by atoms with Gasteiger partial charge in [0, 0.05) is 23.7 Å². The van der Waals surface area contributed by atoms with Gasteiger partial charge in [-0.1, -0.05) is 23.9 Å². The molecule has 0 unspecified atom stereocenters. The minimum Gasteiger partial charge on any atom is -0.391 e. The highest BCUT2D eigenvalue weighted by Crippen LogP contribution is 2.27. The van der Waals surface area contributed by atoms with Crippen molar-refractivity contribution in [2.24, 2.45) is 5.90 Å². The molecule has 182 valence electrons. The number of nitrogens with one attached hydrogen (secondary N) is 3. The normalized spacial score (nSPS) is 12.9. The van der Waals surface area contributed by atoms with Crippen molar-refractivity contribution in [2.75, 3.05) is 0 Å². The second-order valence-electron chi connectivity index (χ2n) is 6.72. The fourth-order valence-corrected chi connectivity index (χ4v) is 2.69. The Morgan fingerprint density at radius 2 is 1.94 bits per heavy atom. The van der Waals surface area contributed by atoms with Gasteiger partial charge in [0.25, 0.3) is 0 Å². The molecule has 0 radical (unpaired) electrons. The Morgan fingerprint density at radius 3 is 2.44 bits per heavy atom. The number of hydrogen-bond acceptors (Lipinski definition) is 8.